The standard InChI is InChI=1S/C60H34N2OS2/c1-3-15-35(16-4-1)61-53-23-11-7-19-37(53)45-29-47-43(31-55(45)61)41(51-33-64-57-25-13-9-21-39(51)57)27-49-50-28-42(52-34-65-58-26-14-10-22-40(52)58)44-32-56-46(30-48(44)60(50)63-59(47)49)38-20-8-12-24-54(38)62(56)36-17-5-2-6-18-36/h1-34H. The molecule has 5 heteroatoms. The van der Waals surface area contributed by atoms with Gasteiger partial charge in [-0.2, -0.15) is 0 Å². The molecule has 0 radical (unpaired) electrons. The van der Waals surface area contributed by atoms with Crippen LogP contribution < -0.4 is 0 Å². The minimum Gasteiger partial charge on any atom is -0.455 e. The predicted molar refractivity (Wildman–Crippen MR) is 279 cm³/mol. The molecule has 0 fully saturated rings. The van der Waals surface area contributed by atoms with Gasteiger partial charge in [-0.05, 0) is 118 Å². The summed E-state index contributed by atoms with van der Waals surface area (Å²) >= 11 is 3.62. The average molecular weight is 863 g/mol. The molecule has 0 amide bonds. The van der Waals surface area contributed by atoms with E-state index in [2.05, 4.69) is 214 Å². The Kier molecular flexibility index (Phi) is 7.26. The van der Waals surface area contributed by atoms with E-state index in [9.17, 15) is 0 Å². The van der Waals surface area contributed by atoms with Gasteiger partial charge in [-0.25, -0.2) is 0 Å². The number of nitrogens with zero attached hydrogens (tertiary/aromatic N) is 2. The van der Waals surface area contributed by atoms with Crippen LogP contribution >= 0.6 is 22.7 Å². The van der Waals surface area contributed by atoms with Crippen LogP contribution in [0.4, 0.5) is 0 Å². The number of thiophene rings is 2. The number of benzene rings is 10. The summed E-state index contributed by atoms with van der Waals surface area (Å²) in [7, 11) is 0. The zero-order valence-electron chi connectivity index (χ0n) is 34.7. The number of hydrogen-bond acceptors (Lipinski definition) is 3. The number of hydrogen-bond donors (Lipinski definition) is 0. The first-order valence-corrected chi connectivity index (χ1v) is 23.8. The molecule has 10 aromatic carbocycles. The Morgan fingerprint density at radius 2 is 0.662 bits per heavy atom. The molecule has 0 aliphatic heterocycles. The SMILES string of the molecule is c1ccc(-n2c3ccccc3c3cc4c(cc32)c(-c2csc3ccccc23)cc2c3cc(-c5csc6ccccc56)c5cc6c(cc5c3oc42)c2ccccc2n6-c2ccccc2)cc1. The van der Waals surface area contributed by atoms with Crippen molar-refractivity contribution in [1.82, 2.24) is 9.13 Å². The first-order chi connectivity index (χ1) is 32.2. The van der Waals surface area contributed by atoms with Crippen molar-refractivity contribution < 1.29 is 4.42 Å². The van der Waals surface area contributed by atoms with E-state index in [1.54, 1.807) is 0 Å². The third-order valence-corrected chi connectivity index (χ3v) is 15.8. The molecular formula is C60H34N2OS2. The van der Waals surface area contributed by atoms with E-state index in [1.165, 1.54) is 96.8 Å². The molecule has 65 heavy (non-hydrogen) atoms. The molecule has 3 nitrogen and oxygen atoms in total. The second-order valence-corrected chi connectivity index (χ2v) is 19.0. The highest BCUT2D eigenvalue weighted by Gasteiger charge is 2.25. The predicted octanol–water partition coefficient (Wildman–Crippen LogP) is 17.8. The molecule has 302 valence electrons. The van der Waals surface area contributed by atoms with Crippen molar-refractivity contribution in [1.29, 1.82) is 0 Å². The fourth-order valence-electron chi connectivity index (χ4n) is 11.0. The van der Waals surface area contributed by atoms with Crippen molar-refractivity contribution in [3.8, 4) is 33.6 Å². The Morgan fingerprint density at radius 3 is 1.12 bits per heavy atom. The smallest absolute Gasteiger partial charge is 0.143 e. The molecule has 0 saturated carbocycles. The Bertz CT molecular complexity index is 4180. The number of fused-ring (bicyclic) bond motifs is 15. The monoisotopic (exact) mass is 862 g/mol. The third-order valence-electron chi connectivity index (χ3n) is 13.8. The fraction of sp³-hybridized carbons (Fsp3) is 0. The number of aromatic nitrogens is 2. The fourth-order valence-corrected chi connectivity index (χ4v) is 12.9. The zero-order chi connectivity index (χ0) is 42.3. The van der Waals surface area contributed by atoms with Gasteiger partial charge in [0.05, 0.1) is 22.1 Å². The second kappa shape index (κ2) is 13.3. The summed E-state index contributed by atoms with van der Waals surface area (Å²) in [6, 6.07) is 71.3. The molecule has 15 aromatic rings. The lowest BCUT2D eigenvalue weighted by Gasteiger charge is -2.12. The van der Waals surface area contributed by atoms with Gasteiger partial charge in [0.15, 0.2) is 0 Å². The lowest BCUT2D eigenvalue weighted by molar-refractivity contribution is 0.676. The van der Waals surface area contributed by atoms with Crippen LogP contribution in [0.1, 0.15) is 0 Å². The number of furan rings is 1. The van der Waals surface area contributed by atoms with Crippen molar-refractivity contribution in [2.24, 2.45) is 0 Å². The maximum Gasteiger partial charge on any atom is 0.143 e. The lowest BCUT2D eigenvalue weighted by Crippen LogP contribution is -1.93. The first kappa shape index (κ1) is 35.5. The molecule has 15 rings (SSSR count). The highest BCUT2D eigenvalue weighted by Crippen LogP contribution is 2.50. The molecule has 0 aliphatic carbocycles. The van der Waals surface area contributed by atoms with Crippen LogP contribution in [-0.2, 0) is 0 Å². The largest absolute Gasteiger partial charge is 0.455 e. The number of para-hydroxylation sites is 4. The van der Waals surface area contributed by atoms with Gasteiger partial charge in [0.25, 0.3) is 0 Å². The number of rotatable bonds is 4. The van der Waals surface area contributed by atoms with Gasteiger partial charge in [-0.3, -0.25) is 0 Å². The summed E-state index contributed by atoms with van der Waals surface area (Å²) in [4.78, 5) is 0. The van der Waals surface area contributed by atoms with E-state index < -0.39 is 0 Å². The van der Waals surface area contributed by atoms with E-state index in [-0.39, 0.29) is 0 Å². The van der Waals surface area contributed by atoms with Gasteiger partial charge in [0, 0.05) is 85.8 Å². The Balaban J connectivity index is 1.14. The minimum atomic E-state index is 0.914. The van der Waals surface area contributed by atoms with Crippen LogP contribution in [0.5, 0.6) is 0 Å². The molecule has 0 N–H and O–H groups in total. The van der Waals surface area contributed by atoms with Crippen LogP contribution in [0.3, 0.4) is 0 Å². The topological polar surface area (TPSA) is 23.0 Å². The molecule has 0 bridgehead atoms. The molecule has 0 saturated heterocycles. The highest BCUT2D eigenvalue weighted by atomic mass is 32.1. The van der Waals surface area contributed by atoms with Gasteiger partial charge in [-0.1, -0.05) is 109 Å². The maximum absolute atomic E-state index is 7.50. The van der Waals surface area contributed by atoms with E-state index in [4.69, 9.17) is 4.42 Å². The first-order valence-electron chi connectivity index (χ1n) is 22.1. The van der Waals surface area contributed by atoms with Gasteiger partial charge >= 0.3 is 0 Å². The molecule has 0 spiro atoms. The third kappa shape index (κ3) is 4.94. The highest BCUT2D eigenvalue weighted by molar-refractivity contribution is 7.18. The second-order valence-electron chi connectivity index (χ2n) is 17.2. The van der Waals surface area contributed by atoms with Crippen molar-refractivity contribution in [2.75, 3.05) is 0 Å². The molecular weight excluding hydrogens is 829 g/mol. The quantitative estimate of drug-likeness (QED) is 0.173. The minimum absolute atomic E-state index is 0.914. The summed E-state index contributed by atoms with van der Waals surface area (Å²) < 4.78 is 14.9. The average Bonchev–Trinajstić information content (AvgIpc) is 4.20. The van der Waals surface area contributed by atoms with Crippen LogP contribution in [0.15, 0.2) is 209 Å². The Labute approximate surface area is 379 Å². The molecule has 5 heterocycles. The van der Waals surface area contributed by atoms with Gasteiger partial charge in [-0.15, -0.1) is 22.7 Å². The molecule has 0 unspecified atom stereocenters. The summed E-state index contributed by atoms with van der Waals surface area (Å²) in [5.41, 5.74) is 13.7. The van der Waals surface area contributed by atoms with E-state index in [0.717, 1.165) is 44.1 Å². The zero-order valence-corrected chi connectivity index (χ0v) is 36.4. The van der Waals surface area contributed by atoms with Crippen LogP contribution in [-0.4, -0.2) is 9.13 Å². The van der Waals surface area contributed by atoms with Crippen LogP contribution in [0.25, 0.3) is 141 Å². The van der Waals surface area contributed by atoms with Crippen molar-refractivity contribution in [2.45, 2.75) is 0 Å². The van der Waals surface area contributed by atoms with Crippen molar-refractivity contribution >= 4 is 130 Å². The summed E-state index contributed by atoms with van der Waals surface area (Å²) in [5.74, 6) is 0. The van der Waals surface area contributed by atoms with E-state index >= 15 is 0 Å². The lowest BCUT2D eigenvalue weighted by atomic mass is 9.91. The molecule has 0 atom stereocenters. The Morgan fingerprint density at radius 1 is 0.277 bits per heavy atom. The van der Waals surface area contributed by atoms with Crippen LogP contribution in [0, 0.1) is 0 Å². The van der Waals surface area contributed by atoms with Gasteiger partial charge in [0.1, 0.15) is 11.2 Å². The van der Waals surface area contributed by atoms with Gasteiger partial charge in [0.2, 0.25) is 0 Å². The van der Waals surface area contributed by atoms with E-state index in [0.29, 0.717) is 0 Å². The van der Waals surface area contributed by atoms with E-state index in [1.807, 2.05) is 22.7 Å². The summed E-state index contributed by atoms with van der Waals surface area (Å²) in [6.07, 6.45) is 0. The summed E-state index contributed by atoms with van der Waals surface area (Å²) in [6.45, 7) is 0. The van der Waals surface area contributed by atoms with Crippen molar-refractivity contribution in [3.63, 3.8) is 0 Å². The maximum atomic E-state index is 7.50. The van der Waals surface area contributed by atoms with Crippen LogP contribution in [0.2, 0.25) is 0 Å². The Hall–Kier alpha value is -7.96. The van der Waals surface area contributed by atoms with Gasteiger partial charge < -0.3 is 13.6 Å². The normalized spacial score (nSPS) is 12.3. The summed E-state index contributed by atoms with van der Waals surface area (Å²) in [5, 5.41) is 18.9. The molecule has 5 aromatic heterocycles. The molecule has 0 aliphatic rings. The van der Waals surface area contributed by atoms with Crippen molar-refractivity contribution in [3.05, 3.63) is 205 Å².